The summed E-state index contributed by atoms with van der Waals surface area (Å²) in [6.45, 7) is 0.0781. The van der Waals surface area contributed by atoms with Gasteiger partial charge in [-0.25, -0.2) is 13.2 Å². The fourth-order valence-electron chi connectivity index (χ4n) is 3.20. The first-order valence-corrected chi connectivity index (χ1v) is 12.3. The minimum absolute atomic E-state index is 0.00420. The van der Waals surface area contributed by atoms with Gasteiger partial charge < -0.3 is 14.8 Å². The number of hydrogen-bond acceptors (Lipinski definition) is 7. The Bertz CT molecular complexity index is 1190. The molecule has 2 aromatic carbocycles. The molecule has 1 aliphatic rings. The number of carbonyl (C=O) groups is 2. The van der Waals surface area contributed by atoms with Crippen molar-refractivity contribution in [2.75, 3.05) is 25.6 Å². The number of nitrogens with zero attached hydrogens (tertiary/aromatic N) is 1. The van der Waals surface area contributed by atoms with Crippen LogP contribution in [0, 0.1) is 0 Å². The van der Waals surface area contributed by atoms with Gasteiger partial charge in [-0.15, -0.1) is 0 Å². The van der Waals surface area contributed by atoms with Gasteiger partial charge in [0.15, 0.2) is 6.61 Å². The van der Waals surface area contributed by atoms with E-state index in [1.807, 2.05) is 0 Å². The molecular formula is C24H27N3O6S. The van der Waals surface area contributed by atoms with Crippen LogP contribution in [-0.4, -0.2) is 46.4 Å². The molecule has 1 heterocycles. The molecule has 0 aliphatic carbocycles. The molecule has 0 saturated carbocycles. The molecule has 0 aromatic heterocycles. The van der Waals surface area contributed by atoms with Crippen LogP contribution in [0.5, 0.6) is 5.75 Å². The predicted octanol–water partition coefficient (Wildman–Crippen LogP) is 3.14. The minimum Gasteiger partial charge on any atom is -0.497 e. The lowest BCUT2D eigenvalue weighted by atomic mass is 10.2. The van der Waals surface area contributed by atoms with Crippen LogP contribution in [0.1, 0.15) is 31.2 Å². The number of rotatable bonds is 8. The Hall–Kier alpha value is -3.66. The molecule has 2 N–H and O–H groups in total. The number of anilines is 1. The molecule has 1 amide bonds. The van der Waals surface area contributed by atoms with Crippen molar-refractivity contribution in [2.24, 2.45) is 4.99 Å². The lowest BCUT2D eigenvalue weighted by Crippen LogP contribution is -2.30. The van der Waals surface area contributed by atoms with E-state index < -0.39 is 28.5 Å². The zero-order valence-corrected chi connectivity index (χ0v) is 19.6. The van der Waals surface area contributed by atoms with Gasteiger partial charge in [-0.2, -0.15) is 0 Å². The summed E-state index contributed by atoms with van der Waals surface area (Å²) in [6.07, 6.45) is 6.16. The van der Waals surface area contributed by atoms with E-state index in [1.54, 1.807) is 43.5 Å². The Morgan fingerprint density at radius 2 is 1.91 bits per heavy atom. The molecule has 2 aromatic rings. The fraction of sp³-hybridized carbons (Fsp3) is 0.292. The highest BCUT2D eigenvalue weighted by molar-refractivity contribution is 7.90. The molecular weight excluding hydrogens is 458 g/mol. The number of sulfonamides is 1. The van der Waals surface area contributed by atoms with Gasteiger partial charge in [0.25, 0.3) is 15.9 Å². The molecule has 180 valence electrons. The Kier molecular flexibility index (Phi) is 8.80. The first kappa shape index (κ1) is 25.0. The first-order chi connectivity index (χ1) is 16.4. The van der Waals surface area contributed by atoms with Gasteiger partial charge >= 0.3 is 5.97 Å². The molecule has 0 atom stereocenters. The highest BCUT2D eigenvalue weighted by atomic mass is 32.2. The fourth-order valence-corrected chi connectivity index (χ4v) is 4.34. The minimum atomic E-state index is -3.83. The van der Waals surface area contributed by atoms with Crippen molar-refractivity contribution >= 4 is 39.5 Å². The van der Waals surface area contributed by atoms with Crippen LogP contribution < -0.4 is 14.8 Å². The molecule has 0 unspecified atom stereocenters. The van der Waals surface area contributed by atoms with E-state index in [0.717, 1.165) is 24.8 Å². The molecule has 3 rings (SSSR count). The van der Waals surface area contributed by atoms with Crippen LogP contribution in [0.2, 0.25) is 0 Å². The van der Waals surface area contributed by atoms with Crippen LogP contribution in [0.3, 0.4) is 0 Å². The summed E-state index contributed by atoms with van der Waals surface area (Å²) < 4.78 is 38.0. The largest absolute Gasteiger partial charge is 0.497 e. The second kappa shape index (κ2) is 12.0. The maximum atomic E-state index is 12.7. The topological polar surface area (TPSA) is 123 Å². The average Bonchev–Trinajstić information content (AvgIpc) is 3.10. The molecule has 34 heavy (non-hydrogen) atoms. The normalized spacial score (nSPS) is 14.1. The number of benzene rings is 2. The second-order valence-electron chi connectivity index (χ2n) is 7.54. The van der Waals surface area contributed by atoms with Crippen molar-refractivity contribution in [1.29, 1.82) is 0 Å². The van der Waals surface area contributed by atoms with Crippen molar-refractivity contribution in [3.05, 3.63) is 60.2 Å². The van der Waals surface area contributed by atoms with Gasteiger partial charge in [0.1, 0.15) is 11.6 Å². The zero-order chi connectivity index (χ0) is 24.4. The van der Waals surface area contributed by atoms with Gasteiger partial charge in [0.05, 0.1) is 12.0 Å². The van der Waals surface area contributed by atoms with Crippen LogP contribution in [0.15, 0.2) is 64.5 Å². The summed E-state index contributed by atoms with van der Waals surface area (Å²) >= 11 is 0. The SMILES string of the molecule is COc1cccc(/C=C/C(=O)OCC(=O)Nc2cccc(S(=O)(=O)NC3=NCCCCC3)c2)c1. The molecule has 0 spiro atoms. The van der Waals surface area contributed by atoms with Crippen molar-refractivity contribution < 1.29 is 27.5 Å². The smallest absolute Gasteiger partial charge is 0.331 e. The molecule has 0 bridgehead atoms. The van der Waals surface area contributed by atoms with Gasteiger partial charge in [-0.3, -0.25) is 14.5 Å². The highest BCUT2D eigenvalue weighted by Gasteiger charge is 2.18. The van der Waals surface area contributed by atoms with E-state index in [4.69, 9.17) is 9.47 Å². The van der Waals surface area contributed by atoms with E-state index in [1.165, 1.54) is 24.3 Å². The van der Waals surface area contributed by atoms with Crippen molar-refractivity contribution in [1.82, 2.24) is 4.72 Å². The summed E-state index contributed by atoms with van der Waals surface area (Å²) in [4.78, 5) is 28.4. The van der Waals surface area contributed by atoms with E-state index in [2.05, 4.69) is 15.0 Å². The maximum Gasteiger partial charge on any atom is 0.331 e. The number of nitrogens with one attached hydrogen (secondary N) is 2. The van der Waals surface area contributed by atoms with Gasteiger partial charge in [0.2, 0.25) is 0 Å². The first-order valence-electron chi connectivity index (χ1n) is 10.8. The number of ether oxygens (including phenoxy) is 2. The summed E-state index contributed by atoms with van der Waals surface area (Å²) in [6, 6.07) is 12.9. The highest BCUT2D eigenvalue weighted by Crippen LogP contribution is 2.17. The molecule has 0 saturated heterocycles. The third-order valence-electron chi connectivity index (χ3n) is 4.91. The number of aliphatic imine (C=N–C) groups is 1. The van der Waals surface area contributed by atoms with Crippen LogP contribution in [0.25, 0.3) is 6.08 Å². The molecule has 9 nitrogen and oxygen atoms in total. The predicted molar refractivity (Wildman–Crippen MR) is 129 cm³/mol. The number of amides is 1. The van der Waals surface area contributed by atoms with E-state index in [0.29, 0.717) is 24.6 Å². The van der Waals surface area contributed by atoms with Crippen LogP contribution >= 0.6 is 0 Å². The lowest BCUT2D eigenvalue weighted by Gasteiger charge is -2.11. The van der Waals surface area contributed by atoms with E-state index in [9.17, 15) is 18.0 Å². The Morgan fingerprint density at radius 1 is 1.09 bits per heavy atom. The molecule has 10 heteroatoms. The number of esters is 1. The maximum absolute atomic E-state index is 12.7. The Morgan fingerprint density at radius 3 is 2.74 bits per heavy atom. The quantitative estimate of drug-likeness (QED) is 0.437. The standard InChI is InChI=1S/C24H27N3O6S/c1-32-20-9-5-7-18(15-20)12-13-24(29)33-17-23(28)26-19-8-6-10-21(16-19)34(30,31)27-22-11-3-2-4-14-25-22/h5-10,12-13,15-16H,2-4,11,14,17H2,1H3,(H,25,27)(H,26,28)/b13-12+. The molecule has 0 fully saturated rings. The summed E-state index contributed by atoms with van der Waals surface area (Å²) in [5.41, 5.74) is 1.00. The molecule has 1 aliphatic heterocycles. The Balaban J connectivity index is 1.53. The lowest BCUT2D eigenvalue weighted by molar-refractivity contribution is -0.142. The summed E-state index contributed by atoms with van der Waals surface area (Å²) in [5.74, 6) is -0.195. The van der Waals surface area contributed by atoms with E-state index >= 15 is 0 Å². The van der Waals surface area contributed by atoms with E-state index in [-0.39, 0.29) is 10.6 Å². The number of hydrogen-bond donors (Lipinski definition) is 2. The van der Waals surface area contributed by atoms with Gasteiger partial charge in [-0.05, 0) is 54.8 Å². The van der Waals surface area contributed by atoms with Crippen LogP contribution in [0.4, 0.5) is 5.69 Å². The van der Waals surface area contributed by atoms with Gasteiger partial charge in [-0.1, -0.05) is 24.6 Å². The zero-order valence-electron chi connectivity index (χ0n) is 18.8. The third-order valence-corrected chi connectivity index (χ3v) is 6.28. The number of amidine groups is 1. The Labute approximate surface area is 198 Å². The summed E-state index contributed by atoms with van der Waals surface area (Å²) in [7, 11) is -2.29. The summed E-state index contributed by atoms with van der Waals surface area (Å²) in [5, 5.41) is 2.53. The third kappa shape index (κ3) is 7.73. The average molecular weight is 486 g/mol. The van der Waals surface area contributed by atoms with Crippen molar-refractivity contribution in [3.63, 3.8) is 0 Å². The van der Waals surface area contributed by atoms with Crippen LogP contribution in [-0.2, 0) is 24.3 Å². The van der Waals surface area contributed by atoms with Crippen molar-refractivity contribution in [3.8, 4) is 5.75 Å². The number of methoxy groups -OCH3 is 1. The second-order valence-corrected chi connectivity index (χ2v) is 9.22. The van der Waals surface area contributed by atoms with Crippen molar-refractivity contribution in [2.45, 2.75) is 30.6 Å². The molecule has 0 radical (unpaired) electrons. The number of carbonyl (C=O) groups excluding carboxylic acids is 2. The van der Waals surface area contributed by atoms with Gasteiger partial charge in [0, 0.05) is 24.7 Å². The monoisotopic (exact) mass is 485 g/mol.